The second-order valence-corrected chi connectivity index (χ2v) is 5.83. The van der Waals surface area contributed by atoms with Gasteiger partial charge in [0.2, 0.25) is 0 Å². The smallest absolute Gasteiger partial charge is 0.147 e. The predicted octanol–water partition coefficient (Wildman–Crippen LogP) is 3.39. The Hall–Kier alpha value is -0.510. The van der Waals surface area contributed by atoms with Gasteiger partial charge in [0.1, 0.15) is 5.82 Å². The molecule has 0 radical (unpaired) electrons. The molecule has 1 aromatic rings. The van der Waals surface area contributed by atoms with Gasteiger partial charge in [-0.3, -0.25) is 0 Å². The van der Waals surface area contributed by atoms with Crippen LogP contribution in [0.2, 0.25) is 5.02 Å². The minimum absolute atomic E-state index is 0.451. The van der Waals surface area contributed by atoms with Crippen LogP contribution < -0.4 is 4.90 Å². The first-order valence-corrected chi connectivity index (χ1v) is 7.72. The molecular weight excluding hydrogens is 281 g/mol. The van der Waals surface area contributed by atoms with E-state index in [1.165, 1.54) is 0 Å². The van der Waals surface area contributed by atoms with Crippen molar-refractivity contribution < 1.29 is 0 Å². The van der Waals surface area contributed by atoms with Crippen LogP contribution in [0.25, 0.3) is 0 Å². The van der Waals surface area contributed by atoms with E-state index in [1.807, 2.05) is 12.3 Å². The maximum absolute atomic E-state index is 6.38. The van der Waals surface area contributed by atoms with E-state index in [-0.39, 0.29) is 0 Å². The predicted molar refractivity (Wildman–Crippen MR) is 82.3 cm³/mol. The van der Waals surface area contributed by atoms with E-state index in [4.69, 9.17) is 23.2 Å². The highest BCUT2D eigenvalue weighted by molar-refractivity contribution is 6.33. The third-order valence-corrected chi connectivity index (χ3v) is 4.26. The van der Waals surface area contributed by atoms with E-state index in [1.54, 1.807) is 0 Å². The summed E-state index contributed by atoms with van der Waals surface area (Å²) in [6, 6.07) is 2.40. The fourth-order valence-corrected chi connectivity index (χ4v) is 3.07. The highest BCUT2D eigenvalue weighted by atomic mass is 35.5. The van der Waals surface area contributed by atoms with E-state index in [9.17, 15) is 0 Å². The molecule has 1 saturated heterocycles. The summed E-state index contributed by atoms with van der Waals surface area (Å²) in [6.07, 6.45) is 4.07. The summed E-state index contributed by atoms with van der Waals surface area (Å²) in [7, 11) is 2.18. The molecule has 1 aliphatic rings. The van der Waals surface area contributed by atoms with E-state index in [2.05, 4.69) is 28.8 Å². The Kier molecular flexibility index (Phi) is 5.31. The summed E-state index contributed by atoms with van der Waals surface area (Å²) < 4.78 is 0. The zero-order valence-electron chi connectivity index (χ0n) is 11.6. The number of hydrogen-bond donors (Lipinski definition) is 0. The van der Waals surface area contributed by atoms with Crippen molar-refractivity contribution in [2.24, 2.45) is 0 Å². The molecule has 1 aliphatic heterocycles. The van der Waals surface area contributed by atoms with Crippen LogP contribution in [-0.4, -0.2) is 42.6 Å². The minimum atomic E-state index is 0.451. The summed E-state index contributed by atoms with van der Waals surface area (Å²) in [6.45, 7) is 5.42. The molecule has 0 bridgehead atoms. The Bertz CT molecular complexity index is 425. The zero-order chi connectivity index (χ0) is 13.8. The normalized spacial score (nSPS) is 21.5. The molecule has 19 heavy (non-hydrogen) atoms. The number of alkyl halides is 1. The molecule has 2 rings (SSSR count). The van der Waals surface area contributed by atoms with E-state index in [0.717, 1.165) is 43.9 Å². The van der Waals surface area contributed by atoms with Gasteiger partial charge in [-0.1, -0.05) is 18.5 Å². The lowest BCUT2D eigenvalue weighted by molar-refractivity contribution is 0.327. The Labute approximate surface area is 125 Å². The van der Waals surface area contributed by atoms with Crippen molar-refractivity contribution in [3.63, 3.8) is 0 Å². The topological polar surface area (TPSA) is 19.4 Å². The van der Waals surface area contributed by atoms with Gasteiger partial charge >= 0.3 is 0 Å². The van der Waals surface area contributed by atoms with Crippen LogP contribution in [0, 0.1) is 0 Å². The Morgan fingerprint density at radius 2 is 2.21 bits per heavy atom. The number of likely N-dealkylation sites (N-methyl/N-ethyl adjacent to an activating group) is 1. The number of hydrogen-bond acceptors (Lipinski definition) is 3. The molecule has 1 atom stereocenters. The largest absolute Gasteiger partial charge is 0.351 e. The van der Waals surface area contributed by atoms with Gasteiger partial charge in [-0.05, 0) is 38.1 Å². The van der Waals surface area contributed by atoms with Crippen molar-refractivity contribution in [1.82, 2.24) is 9.88 Å². The van der Waals surface area contributed by atoms with Gasteiger partial charge in [0, 0.05) is 31.2 Å². The third kappa shape index (κ3) is 3.53. The van der Waals surface area contributed by atoms with Gasteiger partial charge in [0.15, 0.2) is 0 Å². The Morgan fingerprint density at radius 1 is 1.42 bits per heavy atom. The van der Waals surface area contributed by atoms with E-state index >= 15 is 0 Å². The van der Waals surface area contributed by atoms with Gasteiger partial charge < -0.3 is 9.80 Å². The molecule has 3 nitrogen and oxygen atoms in total. The highest BCUT2D eigenvalue weighted by Gasteiger charge is 2.24. The molecule has 1 unspecified atom stereocenters. The summed E-state index contributed by atoms with van der Waals surface area (Å²) in [5.41, 5.74) is 0.968. The summed E-state index contributed by atoms with van der Waals surface area (Å²) in [5.74, 6) is 1.35. The highest BCUT2D eigenvalue weighted by Crippen LogP contribution is 2.28. The quantitative estimate of drug-likeness (QED) is 0.798. The van der Waals surface area contributed by atoms with Crippen LogP contribution in [0.3, 0.4) is 0 Å². The van der Waals surface area contributed by atoms with Crippen LogP contribution >= 0.6 is 23.2 Å². The monoisotopic (exact) mass is 301 g/mol. The third-order valence-electron chi connectivity index (χ3n) is 3.68. The fraction of sp³-hybridized carbons (Fsp3) is 0.643. The van der Waals surface area contributed by atoms with E-state index in [0.29, 0.717) is 16.9 Å². The molecule has 106 valence electrons. The van der Waals surface area contributed by atoms with Gasteiger partial charge in [0.05, 0.1) is 5.02 Å². The number of pyridine rings is 1. The van der Waals surface area contributed by atoms with Crippen LogP contribution in [0.1, 0.15) is 25.3 Å². The summed E-state index contributed by atoms with van der Waals surface area (Å²) in [5, 5.41) is 0.709. The summed E-state index contributed by atoms with van der Waals surface area (Å²) in [4.78, 5) is 9.26. The molecule has 1 aromatic heterocycles. The second kappa shape index (κ2) is 6.78. The number of anilines is 1. The number of aromatic nitrogens is 1. The molecule has 5 heteroatoms. The van der Waals surface area contributed by atoms with Crippen molar-refractivity contribution in [3.05, 3.63) is 22.8 Å². The Morgan fingerprint density at radius 3 is 2.84 bits per heavy atom. The first kappa shape index (κ1) is 14.9. The molecule has 0 amide bonds. The maximum atomic E-state index is 6.38. The lowest BCUT2D eigenvalue weighted by Crippen LogP contribution is -2.40. The van der Waals surface area contributed by atoms with Crippen molar-refractivity contribution in [1.29, 1.82) is 0 Å². The molecule has 2 heterocycles. The molecular formula is C14H21Cl2N3. The SMILES string of the molecule is CCC1CN(C)CCCN1c1ncc(CCl)cc1Cl. The van der Waals surface area contributed by atoms with Gasteiger partial charge in [-0.15, -0.1) is 11.6 Å². The van der Waals surface area contributed by atoms with Gasteiger partial charge in [-0.25, -0.2) is 4.98 Å². The number of halogens is 2. The molecule has 0 aromatic carbocycles. The maximum Gasteiger partial charge on any atom is 0.147 e. The standard InChI is InChI=1S/C14H21Cl2N3/c1-3-12-10-18(2)5-4-6-19(12)14-13(16)7-11(8-15)9-17-14/h7,9,12H,3-6,8,10H2,1-2H3. The zero-order valence-corrected chi connectivity index (χ0v) is 13.1. The van der Waals surface area contributed by atoms with Crippen LogP contribution in [0.4, 0.5) is 5.82 Å². The van der Waals surface area contributed by atoms with Gasteiger partial charge in [-0.2, -0.15) is 0 Å². The van der Waals surface area contributed by atoms with Crippen molar-refractivity contribution >= 4 is 29.0 Å². The molecule has 0 saturated carbocycles. The van der Waals surface area contributed by atoms with Crippen LogP contribution in [-0.2, 0) is 5.88 Å². The first-order chi connectivity index (χ1) is 9.15. The lowest BCUT2D eigenvalue weighted by Gasteiger charge is -2.31. The van der Waals surface area contributed by atoms with Crippen molar-refractivity contribution in [2.45, 2.75) is 31.7 Å². The molecule has 0 N–H and O–H groups in total. The van der Waals surface area contributed by atoms with E-state index < -0.39 is 0 Å². The second-order valence-electron chi connectivity index (χ2n) is 5.15. The fourth-order valence-electron chi connectivity index (χ4n) is 2.63. The molecule has 0 aliphatic carbocycles. The Balaban J connectivity index is 2.27. The molecule has 1 fully saturated rings. The van der Waals surface area contributed by atoms with Crippen molar-refractivity contribution in [3.8, 4) is 0 Å². The minimum Gasteiger partial charge on any atom is -0.351 e. The van der Waals surface area contributed by atoms with Gasteiger partial charge in [0.25, 0.3) is 0 Å². The number of rotatable bonds is 3. The molecule has 0 spiro atoms. The lowest BCUT2D eigenvalue weighted by atomic mass is 10.2. The summed E-state index contributed by atoms with van der Waals surface area (Å²) >= 11 is 12.2. The van der Waals surface area contributed by atoms with Crippen LogP contribution in [0.5, 0.6) is 0 Å². The van der Waals surface area contributed by atoms with Crippen molar-refractivity contribution in [2.75, 3.05) is 31.6 Å². The number of nitrogens with zero attached hydrogens (tertiary/aromatic N) is 3. The van der Waals surface area contributed by atoms with Crippen LogP contribution in [0.15, 0.2) is 12.3 Å². The average Bonchev–Trinajstić information content (AvgIpc) is 2.60. The first-order valence-electron chi connectivity index (χ1n) is 6.81. The average molecular weight is 302 g/mol.